The van der Waals surface area contributed by atoms with Gasteiger partial charge in [-0.3, -0.25) is 0 Å². The normalized spacial score (nSPS) is 38.6. The third-order valence-corrected chi connectivity index (χ3v) is 1.48. The van der Waals surface area contributed by atoms with Crippen molar-refractivity contribution in [1.29, 1.82) is 0 Å². The molecule has 41 valence electrons. The lowest BCUT2D eigenvalue weighted by Crippen LogP contribution is -1.84. The summed E-state index contributed by atoms with van der Waals surface area (Å²) in [5, 5.41) is 0. The van der Waals surface area contributed by atoms with Crippen LogP contribution >= 0.6 is 12.6 Å². The van der Waals surface area contributed by atoms with E-state index in [1.54, 1.807) is 0 Å². The van der Waals surface area contributed by atoms with Gasteiger partial charge >= 0.3 is 0 Å². The smallest absolute Gasteiger partial charge is 0.127 e. The minimum absolute atomic E-state index is 0.233. The van der Waals surface area contributed by atoms with E-state index in [9.17, 15) is 0 Å². The first-order valence-corrected chi connectivity index (χ1v) is 2.97. The zero-order valence-corrected chi connectivity index (χ0v) is 5.19. The van der Waals surface area contributed by atoms with Gasteiger partial charge in [-0.05, 0) is 12.8 Å². The standard InChI is InChI=1S/C5H9OS/c1-2-3-4-5(7)6-4/h2,4-5,7H,3H2,1H3. The zero-order valence-electron chi connectivity index (χ0n) is 4.29. The maximum atomic E-state index is 4.99. The third kappa shape index (κ3) is 1.35. The van der Waals surface area contributed by atoms with Gasteiger partial charge in [0.2, 0.25) is 0 Å². The second-order valence-electron chi connectivity index (χ2n) is 1.71. The van der Waals surface area contributed by atoms with Crippen LogP contribution in [0.15, 0.2) is 0 Å². The Morgan fingerprint density at radius 2 is 2.43 bits per heavy atom. The van der Waals surface area contributed by atoms with Gasteiger partial charge in [-0.2, -0.15) is 0 Å². The lowest BCUT2D eigenvalue weighted by Gasteiger charge is -1.80. The van der Waals surface area contributed by atoms with Crippen molar-refractivity contribution in [2.45, 2.75) is 24.9 Å². The van der Waals surface area contributed by atoms with E-state index in [0.717, 1.165) is 6.42 Å². The first kappa shape index (κ1) is 5.45. The molecule has 1 radical (unpaired) electrons. The van der Waals surface area contributed by atoms with E-state index < -0.39 is 0 Å². The number of hydrogen-bond acceptors (Lipinski definition) is 2. The molecule has 0 spiro atoms. The van der Waals surface area contributed by atoms with Gasteiger partial charge in [0, 0.05) is 0 Å². The number of ether oxygens (including phenoxy) is 1. The Bertz CT molecular complexity index is 65.1. The van der Waals surface area contributed by atoms with Crippen LogP contribution in [-0.2, 0) is 4.74 Å². The van der Waals surface area contributed by atoms with Gasteiger partial charge in [-0.25, -0.2) is 0 Å². The van der Waals surface area contributed by atoms with Crippen molar-refractivity contribution in [3.8, 4) is 0 Å². The number of rotatable bonds is 2. The predicted octanol–water partition coefficient (Wildman–Crippen LogP) is 1.26. The molecule has 0 aliphatic carbocycles. The van der Waals surface area contributed by atoms with E-state index in [4.69, 9.17) is 4.74 Å². The summed E-state index contributed by atoms with van der Waals surface area (Å²) in [4.78, 5) is 0. The van der Waals surface area contributed by atoms with Crippen LogP contribution in [0.5, 0.6) is 0 Å². The van der Waals surface area contributed by atoms with Crippen molar-refractivity contribution >= 4 is 12.6 Å². The Morgan fingerprint density at radius 1 is 1.86 bits per heavy atom. The molecule has 0 aromatic rings. The number of epoxide rings is 1. The Hall–Kier alpha value is 0.310. The molecule has 0 saturated carbocycles. The Kier molecular flexibility index (Phi) is 1.60. The molecule has 1 saturated heterocycles. The molecule has 2 heteroatoms. The first-order valence-electron chi connectivity index (χ1n) is 2.46. The minimum Gasteiger partial charge on any atom is -0.358 e. The SMILES string of the molecule is C[CH]CC1OC1S. The van der Waals surface area contributed by atoms with E-state index in [1.807, 2.05) is 6.92 Å². The quantitative estimate of drug-likeness (QED) is 0.424. The van der Waals surface area contributed by atoms with Gasteiger partial charge < -0.3 is 4.74 Å². The summed E-state index contributed by atoms with van der Waals surface area (Å²) in [7, 11) is 0. The lowest BCUT2D eigenvalue weighted by molar-refractivity contribution is 0.399. The molecule has 0 aromatic carbocycles. The summed E-state index contributed by atoms with van der Waals surface area (Å²) in [6, 6.07) is 0. The molecule has 0 amide bonds. The highest BCUT2D eigenvalue weighted by Crippen LogP contribution is 2.28. The van der Waals surface area contributed by atoms with Crippen LogP contribution in [0.1, 0.15) is 13.3 Å². The van der Waals surface area contributed by atoms with Crippen LogP contribution < -0.4 is 0 Å². The van der Waals surface area contributed by atoms with Crippen LogP contribution in [0, 0.1) is 6.42 Å². The van der Waals surface area contributed by atoms with Gasteiger partial charge in [0.15, 0.2) is 0 Å². The predicted molar refractivity (Wildman–Crippen MR) is 32.2 cm³/mol. The monoisotopic (exact) mass is 117 g/mol. The molecule has 1 nitrogen and oxygen atoms in total. The zero-order chi connectivity index (χ0) is 5.28. The average Bonchev–Trinajstić information content (AvgIpc) is 2.22. The maximum absolute atomic E-state index is 4.99. The Morgan fingerprint density at radius 3 is 2.57 bits per heavy atom. The average molecular weight is 117 g/mol. The highest BCUT2D eigenvalue weighted by atomic mass is 32.1. The Labute approximate surface area is 49.5 Å². The molecule has 1 aliphatic rings. The van der Waals surface area contributed by atoms with Crippen molar-refractivity contribution < 1.29 is 4.74 Å². The fraction of sp³-hybridized carbons (Fsp3) is 0.800. The molecule has 0 aromatic heterocycles. The second kappa shape index (κ2) is 2.05. The van der Waals surface area contributed by atoms with Crippen LogP contribution in [0.4, 0.5) is 0 Å². The molecular weight excluding hydrogens is 108 g/mol. The van der Waals surface area contributed by atoms with Crippen LogP contribution in [0.2, 0.25) is 0 Å². The second-order valence-corrected chi connectivity index (χ2v) is 2.22. The summed E-state index contributed by atoms with van der Waals surface area (Å²) >= 11 is 4.06. The van der Waals surface area contributed by atoms with Crippen LogP contribution in [0.3, 0.4) is 0 Å². The van der Waals surface area contributed by atoms with Gasteiger partial charge in [-0.15, -0.1) is 12.6 Å². The van der Waals surface area contributed by atoms with E-state index in [-0.39, 0.29) is 5.44 Å². The summed E-state index contributed by atoms with van der Waals surface area (Å²) in [5.41, 5.74) is 0.233. The molecule has 2 atom stereocenters. The van der Waals surface area contributed by atoms with Gasteiger partial charge in [0.25, 0.3) is 0 Å². The fourth-order valence-electron chi connectivity index (χ4n) is 0.538. The summed E-state index contributed by atoms with van der Waals surface area (Å²) < 4.78 is 4.99. The van der Waals surface area contributed by atoms with Crippen molar-refractivity contribution in [2.24, 2.45) is 0 Å². The first-order chi connectivity index (χ1) is 3.34. The number of hydrogen-bond donors (Lipinski definition) is 1. The third-order valence-electron chi connectivity index (χ3n) is 1.02. The molecule has 1 heterocycles. The van der Waals surface area contributed by atoms with Crippen molar-refractivity contribution in [3.63, 3.8) is 0 Å². The Balaban J connectivity index is 1.98. The van der Waals surface area contributed by atoms with E-state index >= 15 is 0 Å². The molecule has 1 rings (SSSR count). The van der Waals surface area contributed by atoms with Crippen molar-refractivity contribution in [2.75, 3.05) is 0 Å². The summed E-state index contributed by atoms with van der Waals surface area (Å²) in [6.07, 6.45) is 3.57. The largest absolute Gasteiger partial charge is 0.358 e. The highest BCUT2D eigenvalue weighted by molar-refractivity contribution is 7.81. The lowest BCUT2D eigenvalue weighted by atomic mass is 10.3. The summed E-state index contributed by atoms with van der Waals surface area (Å²) in [5.74, 6) is 0. The molecular formula is C5H9OS. The molecule has 0 N–H and O–H groups in total. The van der Waals surface area contributed by atoms with Crippen molar-refractivity contribution in [1.82, 2.24) is 0 Å². The molecule has 1 aliphatic heterocycles. The summed E-state index contributed by atoms with van der Waals surface area (Å²) in [6.45, 7) is 2.03. The molecule has 0 bridgehead atoms. The number of thiol groups is 1. The molecule has 7 heavy (non-hydrogen) atoms. The van der Waals surface area contributed by atoms with Gasteiger partial charge in [0.1, 0.15) is 5.44 Å². The van der Waals surface area contributed by atoms with Gasteiger partial charge in [-0.1, -0.05) is 6.92 Å². The van der Waals surface area contributed by atoms with Crippen molar-refractivity contribution in [3.05, 3.63) is 6.42 Å². The minimum atomic E-state index is 0.233. The van der Waals surface area contributed by atoms with Gasteiger partial charge in [0.05, 0.1) is 6.10 Å². The van der Waals surface area contributed by atoms with Crippen LogP contribution in [-0.4, -0.2) is 11.5 Å². The van der Waals surface area contributed by atoms with E-state index in [1.165, 1.54) is 0 Å². The van der Waals surface area contributed by atoms with E-state index in [2.05, 4.69) is 19.0 Å². The molecule has 2 unspecified atom stereocenters. The van der Waals surface area contributed by atoms with E-state index in [0.29, 0.717) is 6.10 Å². The molecule has 1 fully saturated rings. The highest BCUT2D eigenvalue weighted by Gasteiger charge is 2.33. The fourth-order valence-corrected chi connectivity index (χ4v) is 0.816. The maximum Gasteiger partial charge on any atom is 0.127 e. The van der Waals surface area contributed by atoms with Crippen LogP contribution in [0.25, 0.3) is 0 Å². The topological polar surface area (TPSA) is 12.5 Å².